The zero-order valence-electron chi connectivity index (χ0n) is 14.8. The molecule has 1 unspecified atom stereocenters. The van der Waals surface area contributed by atoms with Crippen molar-refractivity contribution in [3.05, 3.63) is 71.3 Å². The molecule has 0 saturated carbocycles. The molecule has 4 aromatic rings. The number of H-pyrrole nitrogens is 2. The maximum absolute atomic E-state index is 13.6. The molecule has 2 aromatic carbocycles. The van der Waals surface area contributed by atoms with E-state index in [4.69, 9.17) is 0 Å². The second kappa shape index (κ2) is 6.27. The number of hydrogen-bond acceptors (Lipinski definition) is 1. The highest BCUT2D eigenvalue weighted by atomic mass is 19.1. The van der Waals surface area contributed by atoms with E-state index in [1.54, 1.807) is 12.1 Å². The van der Waals surface area contributed by atoms with Gasteiger partial charge in [-0.3, -0.25) is 4.79 Å². The number of amides is 1. The summed E-state index contributed by atoms with van der Waals surface area (Å²) in [6.07, 6.45) is 5.02. The first-order valence-corrected chi connectivity index (χ1v) is 9.33. The first-order valence-electron chi connectivity index (χ1n) is 9.33. The van der Waals surface area contributed by atoms with Crippen LogP contribution in [0, 0.1) is 5.82 Å². The summed E-state index contributed by atoms with van der Waals surface area (Å²) in [4.78, 5) is 19.3. The van der Waals surface area contributed by atoms with E-state index in [1.165, 1.54) is 6.07 Å². The minimum Gasteiger partial charge on any atom is -0.361 e. The predicted molar refractivity (Wildman–Crippen MR) is 104 cm³/mol. The number of rotatable bonds is 3. The van der Waals surface area contributed by atoms with Gasteiger partial charge in [-0.1, -0.05) is 18.2 Å². The van der Waals surface area contributed by atoms with Crippen LogP contribution in [-0.4, -0.2) is 15.9 Å². The number of carbonyl (C=O) groups is 1. The number of aromatic nitrogens is 2. The number of nitrogens with one attached hydrogen (secondary N) is 3. The number of benzene rings is 2. The van der Waals surface area contributed by atoms with Crippen molar-refractivity contribution in [3.8, 4) is 0 Å². The Morgan fingerprint density at radius 2 is 2.04 bits per heavy atom. The lowest BCUT2D eigenvalue weighted by Gasteiger charge is -2.23. The topological polar surface area (TPSA) is 60.7 Å². The predicted octanol–water partition coefficient (Wildman–Crippen LogP) is 4.52. The van der Waals surface area contributed by atoms with Crippen molar-refractivity contribution in [1.29, 1.82) is 0 Å². The highest BCUT2D eigenvalue weighted by molar-refractivity contribution is 5.89. The minimum atomic E-state index is -0.227. The Labute approximate surface area is 155 Å². The van der Waals surface area contributed by atoms with Gasteiger partial charge in [-0.2, -0.15) is 0 Å². The van der Waals surface area contributed by atoms with Crippen LogP contribution in [-0.2, 0) is 17.6 Å². The Balaban J connectivity index is 1.40. The van der Waals surface area contributed by atoms with Crippen LogP contribution in [0.25, 0.3) is 21.8 Å². The minimum absolute atomic E-state index is 0.00226. The summed E-state index contributed by atoms with van der Waals surface area (Å²) in [6, 6.07) is 12.8. The summed E-state index contributed by atoms with van der Waals surface area (Å²) in [5.74, 6) is -0.225. The van der Waals surface area contributed by atoms with Crippen molar-refractivity contribution in [2.75, 3.05) is 0 Å². The number of aromatic amines is 2. The molecule has 27 heavy (non-hydrogen) atoms. The lowest BCUT2D eigenvalue weighted by atomic mass is 9.91. The molecule has 0 saturated heterocycles. The molecule has 2 aromatic heterocycles. The molecule has 5 rings (SSSR count). The van der Waals surface area contributed by atoms with Gasteiger partial charge in [0.1, 0.15) is 5.82 Å². The monoisotopic (exact) mass is 361 g/mol. The molecule has 136 valence electrons. The highest BCUT2D eigenvalue weighted by Crippen LogP contribution is 2.35. The maximum atomic E-state index is 13.6. The van der Waals surface area contributed by atoms with Gasteiger partial charge in [-0.05, 0) is 54.7 Å². The zero-order valence-corrected chi connectivity index (χ0v) is 14.8. The Morgan fingerprint density at radius 3 is 2.96 bits per heavy atom. The summed E-state index contributed by atoms with van der Waals surface area (Å²) in [5, 5.41) is 5.19. The van der Waals surface area contributed by atoms with E-state index in [0.29, 0.717) is 6.42 Å². The van der Waals surface area contributed by atoms with Gasteiger partial charge in [0.15, 0.2) is 0 Å². The van der Waals surface area contributed by atoms with Crippen LogP contribution in [0.1, 0.15) is 35.7 Å². The van der Waals surface area contributed by atoms with Crippen molar-refractivity contribution in [3.63, 3.8) is 0 Å². The summed E-state index contributed by atoms with van der Waals surface area (Å²) in [6.45, 7) is 0. The van der Waals surface area contributed by atoms with E-state index in [-0.39, 0.29) is 17.8 Å². The Morgan fingerprint density at radius 1 is 1.15 bits per heavy atom. The van der Waals surface area contributed by atoms with Gasteiger partial charge in [-0.25, -0.2) is 4.39 Å². The SMILES string of the molecule is O=C(Cc1c[nH]c2ccccc12)NC1CCCc2c1[nH]c1ccc(F)cc21. The van der Waals surface area contributed by atoms with Crippen LogP contribution in [0.15, 0.2) is 48.7 Å². The molecule has 1 aliphatic carbocycles. The van der Waals surface area contributed by atoms with Crippen LogP contribution >= 0.6 is 0 Å². The molecule has 0 fully saturated rings. The molecule has 0 bridgehead atoms. The van der Waals surface area contributed by atoms with E-state index in [1.807, 2.05) is 30.5 Å². The zero-order chi connectivity index (χ0) is 18.4. The van der Waals surface area contributed by atoms with Gasteiger partial charge in [0.2, 0.25) is 5.91 Å². The van der Waals surface area contributed by atoms with Gasteiger partial charge in [0.25, 0.3) is 0 Å². The average Bonchev–Trinajstić information content (AvgIpc) is 3.24. The highest BCUT2D eigenvalue weighted by Gasteiger charge is 2.26. The molecule has 2 heterocycles. The fourth-order valence-electron chi connectivity index (χ4n) is 4.28. The maximum Gasteiger partial charge on any atom is 0.225 e. The van der Waals surface area contributed by atoms with Crippen molar-refractivity contribution in [2.24, 2.45) is 0 Å². The molecule has 0 radical (unpaired) electrons. The van der Waals surface area contributed by atoms with Crippen LogP contribution < -0.4 is 5.32 Å². The summed E-state index contributed by atoms with van der Waals surface area (Å²) < 4.78 is 13.6. The Bertz CT molecular complexity index is 1160. The van der Waals surface area contributed by atoms with Gasteiger partial charge in [0.05, 0.1) is 12.5 Å². The quantitative estimate of drug-likeness (QED) is 0.493. The first-order chi connectivity index (χ1) is 13.2. The number of hydrogen-bond donors (Lipinski definition) is 3. The lowest BCUT2D eigenvalue weighted by molar-refractivity contribution is -0.121. The van der Waals surface area contributed by atoms with E-state index in [2.05, 4.69) is 15.3 Å². The van der Waals surface area contributed by atoms with Crippen molar-refractivity contribution in [2.45, 2.75) is 31.7 Å². The summed E-state index contributed by atoms with van der Waals surface area (Å²) >= 11 is 0. The number of carbonyl (C=O) groups excluding carboxylic acids is 1. The lowest BCUT2D eigenvalue weighted by Crippen LogP contribution is -2.32. The molecule has 0 aliphatic heterocycles. The molecule has 0 spiro atoms. The normalized spacial score (nSPS) is 16.6. The van der Waals surface area contributed by atoms with E-state index >= 15 is 0 Å². The molecule has 3 N–H and O–H groups in total. The van der Waals surface area contributed by atoms with Crippen LogP contribution in [0.4, 0.5) is 4.39 Å². The molecular formula is C22H20FN3O. The van der Waals surface area contributed by atoms with E-state index in [9.17, 15) is 9.18 Å². The van der Waals surface area contributed by atoms with Gasteiger partial charge in [-0.15, -0.1) is 0 Å². The smallest absolute Gasteiger partial charge is 0.225 e. The van der Waals surface area contributed by atoms with Crippen LogP contribution in [0.5, 0.6) is 0 Å². The second-order valence-electron chi connectivity index (χ2n) is 7.26. The second-order valence-corrected chi connectivity index (χ2v) is 7.26. The molecular weight excluding hydrogens is 341 g/mol. The standard InChI is InChI=1S/C22H20FN3O/c23-14-8-9-19-17(11-14)16-5-3-7-20(22(16)26-19)25-21(27)10-13-12-24-18-6-2-1-4-15(13)18/h1-2,4,6,8-9,11-12,20,24,26H,3,5,7,10H2,(H,25,27). The number of aryl methyl sites for hydroxylation is 1. The van der Waals surface area contributed by atoms with E-state index < -0.39 is 0 Å². The largest absolute Gasteiger partial charge is 0.361 e. The van der Waals surface area contributed by atoms with Gasteiger partial charge in [0, 0.05) is 33.7 Å². The molecule has 1 atom stereocenters. The fraction of sp³-hybridized carbons (Fsp3) is 0.227. The van der Waals surface area contributed by atoms with Crippen LogP contribution in [0.3, 0.4) is 0 Å². The van der Waals surface area contributed by atoms with Crippen molar-refractivity contribution >= 4 is 27.7 Å². The van der Waals surface area contributed by atoms with Gasteiger partial charge >= 0.3 is 0 Å². The molecule has 1 amide bonds. The first kappa shape index (κ1) is 16.1. The van der Waals surface area contributed by atoms with Crippen LogP contribution in [0.2, 0.25) is 0 Å². The molecule has 4 nitrogen and oxygen atoms in total. The van der Waals surface area contributed by atoms with Crippen molar-refractivity contribution < 1.29 is 9.18 Å². The third-order valence-corrected chi connectivity index (χ3v) is 5.53. The Hall–Kier alpha value is -3.08. The molecule has 1 aliphatic rings. The Kier molecular flexibility index (Phi) is 3.74. The average molecular weight is 361 g/mol. The van der Waals surface area contributed by atoms with Crippen molar-refractivity contribution in [1.82, 2.24) is 15.3 Å². The third-order valence-electron chi connectivity index (χ3n) is 5.53. The number of para-hydroxylation sites is 1. The fourth-order valence-corrected chi connectivity index (χ4v) is 4.28. The van der Waals surface area contributed by atoms with Gasteiger partial charge < -0.3 is 15.3 Å². The third kappa shape index (κ3) is 2.79. The van der Waals surface area contributed by atoms with E-state index in [0.717, 1.165) is 57.9 Å². The number of halogens is 1. The molecule has 5 heteroatoms. The number of fused-ring (bicyclic) bond motifs is 4. The summed E-state index contributed by atoms with van der Waals surface area (Å²) in [5.41, 5.74) is 5.12. The summed E-state index contributed by atoms with van der Waals surface area (Å²) in [7, 11) is 0.